The number of hydrogen-bond acceptors (Lipinski definition) is 4. The van der Waals surface area contributed by atoms with Crippen LogP contribution in [0.5, 0.6) is 0 Å². The molecule has 9 heteroatoms. The van der Waals surface area contributed by atoms with Gasteiger partial charge >= 0.3 is 6.18 Å². The molecule has 1 aromatic heterocycles. The van der Waals surface area contributed by atoms with Crippen molar-refractivity contribution in [1.82, 2.24) is 20.1 Å². The first-order valence-electron chi connectivity index (χ1n) is 8.85. The number of carbonyl (C=O) groups excluding carboxylic acids is 1. The summed E-state index contributed by atoms with van der Waals surface area (Å²) in [5.74, 6) is -0.0160. The van der Waals surface area contributed by atoms with Crippen LogP contribution in [0, 0.1) is 6.92 Å². The monoisotopic (exact) mass is 420 g/mol. The molecule has 0 bridgehead atoms. The number of benzene rings is 2. The lowest BCUT2D eigenvalue weighted by Gasteiger charge is -2.09. The van der Waals surface area contributed by atoms with E-state index < -0.39 is 11.7 Å². The molecule has 3 aromatic rings. The number of nitrogens with zero attached hydrogens (tertiary/aromatic N) is 3. The summed E-state index contributed by atoms with van der Waals surface area (Å²) in [6.07, 6.45) is -2.30. The maximum absolute atomic E-state index is 12.6. The molecule has 152 valence electrons. The zero-order valence-corrected chi connectivity index (χ0v) is 16.4. The first kappa shape index (κ1) is 20.9. The number of aromatic nitrogens is 3. The van der Waals surface area contributed by atoms with Gasteiger partial charge in [0.15, 0.2) is 5.16 Å². The third kappa shape index (κ3) is 5.83. The summed E-state index contributed by atoms with van der Waals surface area (Å²) in [6.45, 7) is 2.34. The van der Waals surface area contributed by atoms with Gasteiger partial charge in [0, 0.05) is 12.2 Å². The van der Waals surface area contributed by atoms with Gasteiger partial charge in [-0.1, -0.05) is 41.6 Å². The highest BCUT2D eigenvalue weighted by Crippen LogP contribution is 2.29. The second-order valence-corrected chi connectivity index (χ2v) is 7.34. The number of thioether (sulfide) groups is 1. The zero-order chi connectivity index (χ0) is 20.9. The molecule has 0 atom stereocenters. The van der Waals surface area contributed by atoms with Crippen molar-refractivity contribution in [2.24, 2.45) is 0 Å². The van der Waals surface area contributed by atoms with E-state index in [4.69, 9.17) is 0 Å². The quantitative estimate of drug-likeness (QED) is 0.586. The van der Waals surface area contributed by atoms with Gasteiger partial charge in [0.05, 0.1) is 11.3 Å². The molecule has 0 saturated carbocycles. The van der Waals surface area contributed by atoms with Gasteiger partial charge in [0.25, 0.3) is 0 Å². The maximum atomic E-state index is 12.6. The van der Waals surface area contributed by atoms with Crippen molar-refractivity contribution in [2.75, 3.05) is 12.3 Å². The fraction of sp³-hybridized carbons (Fsp3) is 0.250. The molecule has 3 rings (SSSR count). The molecule has 0 spiro atoms. The minimum atomic E-state index is -4.34. The van der Waals surface area contributed by atoms with Crippen molar-refractivity contribution in [1.29, 1.82) is 0 Å². The summed E-state index contributed by atoms with van der Waals surface area (Å²) < 4.78 is 39.5. The van der Waals surface area contributed by atoms with Crippen molar-refractivity contribution in [3.8, 4) is 5.69 Å². The summed E-state index contributed by atoms with van der Waals surface area (Å²) in [7, 11) is 0. The topological polar surface area (TPSA) is 59.8 Å². The fourth-order valence-corrected chi connectivity index (χ4v) is 3.35. The molecular weight excluding hydrogens is 401 g/mol. The second kappa shape index (κ2) is 9.13. The lowest BCUT2D eigenvalue weighted by molar-refractivity contribution is -0.137. The van der Waals surface area contributed by atoms with E-state index in [0.717, 1.165) is 28.9 Å². The van der Waals surface area contributed by atoms with E-state index in [1.54, 1.807) is 10.9 Å². The Bertz CT molecular complexity index is 953. The smallest absolute Gasteiger partial charge is 0.355 e. The van der Waals surface area contributed by atoms with Gasteiger partial charge in [-0.05, 0) is 43.2 Å². The Labute approximate surface area is 170 Å². The van der Waals surface area contributed by atoms with Crippen LogP contribution in [0.25, 0.3) is 5.69 Å². The highest BCUT2D eigenvalue weighted by Gasteiger charge is 2.29. The van der Waals surface area contributed by atoms with Crippen LogP contribution >= 0.6 is 11.8 Å². The lowest BCUT2D eigenvalue weighted by Crippen LogP contribution is -2.27. The molecule has 0 aliphatic heterocycles. The number of alkyl halides is 3. The number of hydrogen-bond donors (Lipinski definition) is 1. The predicted molar refractivity (Wildman–Crippen MR) is 105 cm³/mol. The number of halogens is 3. The molecule has 2 aromatic carbocycles. The first-order valence-corrected chi connectivity index (χ1v) is 9.84. The standard InChI is InChI=1S/C20H19F3N4OS/c1-14-2-8-17(9-3-14)27-13-25-26-19(27)29-12-18(28)24-11-10-15-4-6-16(7-5-15)20(21,22)23/h2-9,13H,10-12H2,1H3,(H,24,28). The molecule has 0 radical (unpaired) electrons. The summed E-state index contributed by atoms with van der Waals surface area (Å²) in [6, 6.07) is 12.8. The molecule has 0 saturated heterocycles. The molecule has 1 N–H and O–H groups in total. The Kier molecular flexibility index (Phi) is 6.58. The Morgan fingerprint density at radius 3 is 2.45 bits per heavy atom. The first-order chi connectivity index (χ1) is 13.8. The number of amides is 1. The van der Waals surface area contributed by atoms with E-state index in [9.17, 15) is 18.0 Å². The minimum absolute atomic E-state index is 0.164. The molecule has 0 aliphatic carbocycles. The van der Waals surface area contributed by atoms with Crippen LogP contribution < -0.4 is 5.32 Å². The van der Waals surface area contributed by atoms with E-state index in [2.05, 4.69) is 15.5 Å². The van der Waals surface area contributed by atoms with Gasteiger partial charge in [-0.2, -0.15) is 13.2 Å². The Morgan fingerprint density at radius 1 is 1.10 bits per heavy atom. The Morgan fingerprint density at radius 2 is 1.79 bits per heavy atom. The SMILES string of the molecule is Cc1ccc(-n2cnnc2SCC(=O)NCCc2ccc(C(F)(F)F)cc2)cc1. The minimum Gasteiger partial charge on any atom is -0.355 e. The zero-order valence-electron chi connectivity index (χ0n) is 15.6. The molecule has 0 aliphatic rings. The highest BCUT2D eigenvalue weighted by molar-refractivity contribution is 7.99. The van der Waals surface area contributed by atoms with Crippen LogP contribution in [-0.4, -0.2) is 33.0 Å². The van der Waals surface area contributed by atoms with Crippen LogP contribution in [-0.2, 0) is 17.4 Å². The Balaban J connectivity index is 1.46. The van der Waals surface area contributed by atoms with E-state index >= 15 is 0 Å². The molecule has 0 fully saturated rings. The van der Waals surface area contributed by atoms with E-state index in [0.29, 0.717) is 18.1 Å². The van der Waals surface area contributed by atoms with Gasteiger partial charge in [0.2, 0.25) is 5.91 Å². The van der Waals surface area contributed by atoms with Crippen molar-refractivity contribution in [3.05, 3.63) is 71.5 Å². The van der Waals surface area contributed by atoms with E-state index in [-0.39, 0.29) is 11.7 Å². The third-order valence-electron chi connectivity index (χ3n) is 4.18. The van der Waals surface area contributed by atoms with Gasteiger partial charge in [0.1, 0.15) is 6.33 Å². The predicted octanol–water partition coefficient (Wildman–Crippen LogP) is 4.05. The highest BCUT2D eigenvalue weighted by atomic mass is 32.2. The average molecular weight is 420 g/mol. The fourth-order valence-electron chi connectivity index (χ4n) is 2.59. The largest absolute Gasteiger partial charge is 0.416 e. The van der Waals surface area contributed by atoms with Crippen LogP contribution in [0.2, 0.25) is 0 Å². The molecule has 1 amide bonds. The van der Waals surface area contributed by atoms with Crippen molar-refractivity contribution in [3.63, 3.8) is 0 Å². The molecule has 5 nitrogen and oxygen atoms in total. The normalized spacial score (nSPS) is 11.4. The van der Waals surface area contributed by atoms with Crippen LogP contribution in [0.3, 0.4) is 0 Å². The average Bonchev–Trinajstić information content (AvgIpc) is 3.15. The van der Waals surface area contributed by atoms with Crippen LogP contribution in [0.1, 0.15) is 16.7 Å². The molecular formula is C20H19F3N4OS. The molecule has 29 heavy (non-hydrogen) atoms. The van der Waals surface area contributed by atoms with Gasteiger partial charge < -0.3 is 5.32 Å². The number of carbonyl (C=O) groups is 1. The second-order valence-electron chi connectivity index (χ2n) is 6.40. The summed E-state index contributed by atoms with van der Waals surface area (Å²) >= 11 is 1.26. The maximum Gasteiger partial charge on any atom is 0.416 e. The van der Waals surface area contributed by atoms with E-state index in [1.807, 2.05) is 31.2 Å². The molecule has 0 unspecified atom stereocenters. The third-order valence-corrected chi connectivity index (χ3v) is 5.12. The van der Waals surface area contributed by atoms with Crippen molar-refractivity contribution in [2.45, 2.75) is 24.7 Å². The number of nitrogens with one attached hydrogen (secondary N) is 1. The lowest BCUT2D eigenvalue weighted by atomic mass is 10.1. The Hall–Kier alpha value is -2.81. The van der Waals surface area contributed by atoms with Crippen molar-refractivity contribution < 1.29 is 18.0 Å². The number of rotatable bonds is 7. The molecule has 1 heterocycles. The van der Waals surface area contributed by atoms with Gasteiger partial charge in [-0.3, -0.25) is 9.36 Å². The van der Waals surface area contributed by atoms with Crippen molar-refractivity contribution >= 4 is 17.7 Å². The number of aryl methyl sites for hydroxylation is 1. The summed E-state index contributed by atoms with van der Waals surface area (Å²) in [5, 5.41) is 11.3. The van der Waals surface area contributed by atoms with Gasteiger partial charge in [-0.25, -0.2) is 0 Å². The van der Waals surface area contributed by atoms with Gasteiger partial charge in [-0.15, -0.1) is 10.2 Å². The summed E-state index contributed by atoms with van der Waals surface area (Å²) in [5.41, 5.74) is 2.10. The summed E-state index contributed by atoms with van der Waals surface area (Å²) in [4.78, 5) is 12.1. The van der Waals surface area contributed by atoms with E-state index in [1.165, 1.54) is 23.9 Å². The van der Waals surface area contributed by atoms with Crippen LogP contribution in [0.15, 0.2) is 60.0 Å². The van der Waals surface area contributed by atoms with Crippen LogP contribution in [0.4, 0.5) is 13.2 Å².